The second kappa shape index (κ2) is 10.7. The molecular formula is C22H19BrF2N2O3. The van der Waals surface area contributed by atoms with Crippen molar-refractivity contribution in [3.8, 4) is 17.4 Å². The summed E-state index contributed by atoms with van der Waals surface area (Å²) in [4.78, 5) is 16.3. The molecule has 0 aliphatic carbocycles. The molecule has 1 amide bonds. The average molecular weight is 477 g/mol. The Balaban J connectivity index is 1.53. The summed E-state index contributed by atoms with van der Waals surface area (Å²) < 4.78 is 36.0. The SMILES string of the molecule is O=C(CCc1cc(Br)ccc1OC(F)F)NCc1cccc(Oc2ccccn2)c1. The molecule has 0 saturated heterocycles. The van der Waals surface area contributed by atoms with Crippen LogP contribution in [0.4, 0.5) is 8.78 Å². The number of hydrogen-bond donors (Lipinski definition) is 1. The molecule has 0 radical (unpaired) electrons. The zero-order valence-electron chi connectivity index (χ0n) is 15.9. The maximum Gasteiger partial charge on any atom is 0.387 e. The van der Waals surface area contributed by atoms with Crippen LogP contribution in [0.2, 0.25) is 0 Å². The summed E-state index contributed by atoms with van der Waals surface area (Å²) in [6, 6.07) is 17.4. The summed E-state index contributed by atoms with van der Waals surface area (Å²) >= 11 is 3.30. The minimum Gasteiger partial charge on any atom is -0.439 e. The molecule has 0 saturated carbocycles. The van der Waals surface area contributed by atoms with E-state index in [0.29, 0.717) is 23.7 Å². The quantitative estimate of drug-likeness (QED) is 0.443. The fraction of sp³-hybridized carbons (Fsp3) is 0.182. The van der Waals surface area contributed by atoms with Gasteiger partial charge in [-0.2, -0.15) is 8.78 Å². The van der Waals surface area contributed by atoms with Crippen molar-refractivity contribution in [2.45, 2.75) is 26.0 Å². The minimum absolute atomic E-state index is 0.0698. The number of nitrogens with zero attached hydrogens (tertiary/aromatic N) is 1. The molecule has 0 bridgehead atoms. The Morgan fingerprint density at radius 1 is 1.10 bits per heavy atom. The lowest BCUT2D eigenvalue weighted by molar-refractivity contribution is -0.121. The van der Waals surface area contributed by atoms with Crippen molar-refractivity contribution in [2.24, 2.45) is 0 Å². The highest BCUT2D eigenvalue weighted by molar-refractivity contribution is 9.10. The molecule has 0 unspecified atom stereocenters. The first-order valence-corrected chi connectivity index (χ1v) is 9.96. The number of aromatic nitrogens is 1. The zero-order chi connectivity index (χ0) is 21.3. The van der Waals surface area contributed by atoms with Gasteiger partial charge in [0.05, 0.1) is 0 Å². The molecular weight excluding hydrogens is 458 g/mol. The number of amides is 1. The van der Waals surface area contributed by atoms with Crippen molar-refractivity contribution < 1.29 is 23.0 Å². The normalized spacial score (nSPS) is 10.7. The summed E-state index contributed by atoms with van der Waals surface area (Å²) in [5, 5.41) is 2.82. The standard InChI is InChI=1S/C22H19BrF2N2O3/c23-17-8-9-19(30-22(24)25)16(13-17)7-10-20(28)27-14-15-4-3-5-18(12-15)29-21-6-1-2-11-26-21/h1-6,8-9,11-13,22H,7,10,14H2,(H,27,28). The van der Waals surface area contributed by atoms with Crippen LogP contribution >= 0.6 is 15.9 Å². The van der Waals surface area contributed by atoms with Crippen LogP contribution in [0.15, 0.2) is 71.3 Å². The fourth-order valence-electron chi connectivity index (χ4n) is 2.74. The molecule has 156 valence electrons. The van der Waals surface area contributed by atoms with E-state index in [2.05, 4.69) is 31.0 Å². The minimum atomic E-state index is -2.92. The number of pyridine rings is 1. The topological polar surface area (TPSA) is 60.5 Å². The lowest BCUT2D eigenvalue weighted by Crippen LogP contribution is -2.23. The Bertz CT molecular complexity index is 987. The number of rotatable bonds is 9. The zero-order valence-corrected chi connectivity index (χ0v) is 17.4. The molecule has 0 atom stereocenters. The van der Waals surface area contributed by atoms with Gasteiger partial charge in [-0.1, -0.05) is 34.1 Å². The number of alkyl halides is 2. The van der Waals surface area contributed by atoms with E-state index in [0.717, 1.165) is 10.0 Å². The Hall–Kier alpha value is -3.00. The molecule has 1 heterocycles. The highest BCUT2D eigenvalue weighted by atomic mass is 79.9. The summed E-state index contributed by atoms with van der Waals surface area (Å²) in [5.41, 5.74) is 1.39. The van der Waals surface area contributed by atoms with Gasteiger partial charge in [0.25, 0.3) is 0 Å². The molecule has 5 nitrogen and oxygen atoms in total. The van der Waals surface area contributed by atoms with Gasteiger partial charge < -0.3 is 14.8 Å². The lowest BCUT2D eigenvalue weighted by atomic mass is 10.1. The van der Waals surface area contributed by atoms with Crippen molar-refractivity contribution in [1.82, 2.24) is 10.3 Å². The van der Waals surface area contributed by atoms with Gasteiger partial charge in [0, 0.05) is 29.7 Å². The number of carbonyl (C=O) groups excluding carboxylic acids is 1. The Labute approximate surface area is 181 Å². The van der Waals surface area contributed by atoms with E-state index in [4.69, 9.17) is 4.74 Å². The molecule has 0 aliphatic rings. The van der Waals surface area contributed by atoms with Gasteiger partial charge in [-0.05, 0) is 53.9 Å². The summed E-state index contributed by atoms with van der Waals surface area (Å²) in [6.45, 7) is -2.60. The van der Waals surface area contributed by atoms with Crippen molar-refractivity contribution in [3.05, 3.63) is 82.5 Å². The van der Waals surface area contributed by atoms with E-state index in [1.54, 1.807) is 36.5 Å². The van der Waals surface area contributed by atoms with Crippen molar-refractivity contribution in [3.63, 3.8) is 0 Å². The van der Waals surface area contributed by atoms with Crippen LogP contribution in [0.25, 0.3) is 0 Å². The van der Waals surface area contributed by atoms with Crippen LogP contribution < -0.4 is 14.8 Å². The van der Waals surface area contributed by atoms with Gasteiger partial charge in [-0.15, -0.1) is 0 Å². The van der Waals surface area contributed by atoms with Gasteiger partial charge in [0.2, 0.25) is 11.8 Å². The van der Waals surface area contributed by atoms with Gasteiger partial charge in [-0.25, -0.2) is 4.98 Å². The van der Waals surface area contributed by atoms with E-state index >= 15 is 0 Å². The van der Waals surface area contributed by atoms with Gasteiger partial charge in [-0.3, -0.25) is 4.79 Å². The molecule has 8 heteroatoms. The number of halogens is 3. The monoisotopic (exact) mass is 476 g/mol. The molecule has 2 aromatic carbocycles. The first-order valence-electron chi connectivity index (χ1n) is 9.17. The Morgan fingerprint density at radius 2 is 1.97 bits per heavy atom. The highest BCUT2D eigenvalue weighted by Crippen LogP contribution is 2.26. The third-order valence-corrected chi connectivity index (χ3v) is 4.60. The molecule has 3 aromatic rings. The number of aryl methyl sites for hydroxylation is 1. The van der Waals surface area contributed by atoms with E-state index < -0.39 is 6.61 Å². The van der Waals surface area contributed by atoms with Crippen LogP contribution in [0.1, 0.15) is 17.5 Å². The van der Waals surface area contributed by atoms with Crippen LogP contribution in [-0.2, 0) is 17.8 Å². The number of hydrogen-bond acceptors (Lipinski definition) is 4. The van der Waals surface area contributed by atoms with E-state index in [1.165, 1.54) is 6.07 Å². The third-order valence-electron chi connectivity index (χ3n) is 4.11. The first kappa shape index (κ1) is 21.7. The number of ether oxygens (including phenoxy) is 2. The predicted octanol–water partition coefficient (Wildman–Crippen LogP) is 5.49. The second-order valence-electron chi connectivity index (χ2n) is 6.32. The first-order chi connectivity index (χ1) is 14.5. The van der Waals surface area contributed by atoms with Crippen LogP contribution in [-0.4, -0.2) is 17.5 Å². The van der Waals surface area contributed by atoms with Gasteiger partial charge >= 0.3 is 6.61 Å². The molecule has 30 heavy (non-hydrogen) atoms. The maximum atomic E-state index is 12.6. The van der Waals surface area contributed by atoms with Crippen molar-refractivity contribution in [2.75, 3.05) is 0 Å². The molecule has 0 spiro atoms. The average Bonchev–Trinajstić information content (AvgIpc) is 2.73. The smallest absolute Gasteiger partial charge is 0.387 e. The highest BCUT2D eigenvalue weighted by Gasteiger charge is 2.12. The molecule has 1 N–H and O–H groups in total. The molecule has 0 fully saturated rings. The Kier molecular flexibility index (Phi) is 7.73. The maximum absolute atomic E-state index is 12.6. The van der Waals surface area contributed by atoms with E-state index in [9.17, 15) is 13.6 Å². The van der Waals surface area contributed by atoms with E-state index in [-0.39, 0.29) is 24.5 Å². The van der Waals surface area contributed by atoms with Crippen molar-refractivity contribution in [1.29, 1.82) is 0 Å². The van der Waals surface area contributed by atoms with Crippen LogP contribution in [0.3, 0.4) is 0 Å². The summed E-state index contributed by atoms with van der Waals surface area (Å²) in [7, 11) is 0. The van der Waals surface area contributed by atoms with Crippen LogP contribution in [0, 0.1) is 0 Å². The summed E-state index contributed by atoms with van der Waals surface area (Å²) in [6.07, 6.45) is 2.05. The number of nitrogens with one attached hydrogen (secondary N) is 1. The van der Waals surface area contributed by atoms with Crippen molar-refractivity contribution >= 4 is 21.8 Å². The Morgan fingerprint density at radius 3 is 2.73 bits per heavy atom. The van der Waals surface area contributed by atoms with Gasteiger partial charge in [0.1, 0.15) is 11.5 Å². The largest absolute Gasteiger partial charge is 0.439 e. The molecule has 1 aromatic heterocycles. The number of carbonyl (C=O) groups is 1. The predicted molar refractivity (Wildman–Crippen MR) is 112 cm³/mol. The lowest BCUT2D eigenvalue weighted by Gasteiger charge is -2.12. The second-order valence-corrected chi connectivity index (χ2v) is 7.24. The third kappa shape index (κ3) is 6.81. The molecule has 3 rings (SSSR count). The molecule has 0 aliphatic heterocycles. The summed E-state index contributed by atoms with van der Waals surface area (Å²) in [5.74, 6) is 0.965. The number of benzene rings is 2. The van der Waals surface area contributed by atoms with E-state index in [1.807, 2.05) is 24.3 Å². The fourth-order valence-corrected chi connectivity index (χ4v) is 3.15. The van der Waals surface area contributed by atoms with Crippen LogP contribution in [0.5, 0.6) is 17.4 Å². The van der Waals surface area contributed by atoms with Gasteiger partial charge in [0.15, 0.2) is 0 Å².